The maximum atomic E-state index is 14.3. The number of nitrogens with one attached hydrogen (secondary N) is 1. The number of hydrogen-bond acceptors (Lipinski definition) is 3. The Morgan fingerprint density at radius 2 is 1.93 bits per heavy atom. The Bertz CT molecular complexity index is 851. The summed E-state index contributed by atoms with van der Waals surface area (Å²) in [5, 5.41) is 3.10. The lowest BCUT2D eigenvalue weighted by atomic mass is 10.1. The smallest absolute Gasteiger partial charge is 0.268 e. The van der Waals surface area contributed by atoms with Crippen LogP contribution in [0, 0.1) is 19.7 Å². The van der Waals surface area contributed by atoms with E-state index in [9.17, 15) is 9.18 Å². The quantitative estimate of drug-likeness (QED) is 0.879. The van der Waals surface area contributed by atoms with Crippen LogP contribution in [0.15, 0.2) is 24.3 Å². The summed E-state index contributed by atoms with van der Waals surface area (Å²) < 4.78 is 21.7. The summed E-state index contributed by atoms with van der Waals surface area (Å²) in [5.41, 5.74) is 4.27. The van der Waals surface area contributed by atoms with Crippen molar-refractivity contribution in [3.05, 3.63) is 52.6 Å². The van der Waals surface area contributed by atoms with Crippen LogP contribution in [0.25, 0.3) is 0 Å². The van der Waals surface area contributed by atoms with Gasteiger partial charge in [0.25, 0.3) is 5.91 Å². The lowest BCUT2D eigenvalue weighted by Crippen LogP contribution is -2.36. The highest BCUT2D eigenvalue weighted by molar-refractivity contribution is 5.97. The maximum Gasteiger partial charge on any atom is 0.268 e. The maximum absolute atomic E-state index is 14.3. The van der Waals surface area contributed by atoms with Gasteiger partial charge in [-0.3, -0.25) is 4.79 Å². The third-order valence-electron chi connectivity index (χ3n) is 5.47. The van der Waals surface area contributed by atoms with Crippen LogP contribution >= 0.6 is 0 Å². The van der Waals surface area contributed by atoms with Crippen LogP contribution in [0.3, 0.4) is 0 Å². The fourth-order valence-electron chi connectivity index (χ4n) is 3.90. The van der Waals surface area contributed by atoms with E-state index in [0.29, 0.717) is 31.0 Å². The Balaban J connectivity index is 1.76. The number of nitrogens with zero attached hydrogens (tertiary/aromatic N) is 2. The monoisotopic (exact) mass is 371 g/mol. The molecule has 144 valence electrons. The topological polar surface area (TPSA) is 46.5 Å². The molecule has 1 aliphatic heterocycles. The molecule has 2 aliphatic rings. The van der Waals surface area contributed by atoms with Crippen molar-refractivity contribution in [2.45, 2.75) is 39.3 Å². The second-order valence-corrected chi connectivity index (χ2v) is 7.43. The Morgan fingerprint density at radius 1 is 1.22 bits per heavy atom. The molecule has 0 spiro atoms. The molecule has 1 saturated carbocycles. The van der Waals surface area contributed by atoms with Crippen LogP contribution in [0.2, 0.25) is 0 Å². The summed E-state index contributed by atoms with van der Waals surface area (Å²) in [4.78, 5) is 15.3. The summed E-state index contributed by atoms with van der Waals surface area (Å²) in [6.45, 7) is 7.33. The van der Waals surface area contributed by atoms with E-state index >= 15 is 0 Å². The predicted octanol–water partition coefficient (Wildman–Crippen LogP) is 3.02. The number of carbonyl (C=O) groups excluding carboxylic acids is 1. The molecule has 1 N–H and O–H groups in total. The van der Waals surface area contributed by atoms with E-state index in [4.69, 9.17) is 4.74 Å². The standard InChI is InChI=1S/C21H26FN3O2/c1-14-19(24-9-11-27-12-10-24)15(2)25(13-16-5-3-4-6-18(16)22)20(14)21(26)23-17-7-8-17/h3-6,17H,7-13H2,1-2H3,(H,23,26). The second-order valence-electron chi connectivity index (χ2n) is 7.43. The van der Waals surface area contributed by atoms with Gasteiger partial charge in [0.2, 0.25) is 0 Å². The second kappa shape index (κ2) is 7.35. The minimum Gasteiger partial charge on any atom is -0.378 e. The molecule has 0 atom stereocenters. The highest BCUT2D eigenvalue weighted by atomic mass is 19.1. The number of hydrogen-bond donors (Lipinski definition) is 1. The number of ether oxygens (including phenoxy) is 1. The van der Waals surface area contributed by atoms with Crippen LogP contribution in [-0.2, 0) is 11.3 Å². The third kappa shape index (κ3) is 3.58. The van der Waals surface area contributed by atoms with Gasteiger partial charge in [-0.15, -0.1) is 0 Å². The average Bonchev–Trinajstić information content (AvgIpc) is 3.43. The number of anilines is 1. The van der Waals surface area contributed by atoms with Crippen LogP contribution in [-0.4, -0.2) is 42.8 Å². The van der Waals surface area contributed by atoms with Crippen molar-refractivity contribution in [1.82, 2.24) is 9.88 Å². The molecule has 0 radical (unpaired) electrons. The van der Waals surface area contributed by atoms with Crippen LogP contribution in [0.4, 0.5) is 10.1 Å². The highest BCUT2D eigenvalue weighted by Gasteiger charge is 2.30. The van der Waals surface area contributed by atoms with E-state index in [1.807, 2.05) is 24.5 Å². The first-order valence-corrected chi connectivity index (χ1v) is 9.63. The molecule has 1 aliphatic carbocycles. The SMILES string of the molecule is Cc1c(N2CCOCC2)c(C)n(Cc2ccccc2F)c1C(=O)NC1CC1. The molecular formula is C21H26FN3O2. The average molecular weight is 371 g/mol. The largest absolute Gasteiger partial charge is 0.378 e. The van der Waals surface area contributed by atoms with Gasteiger partial charge in [0.1, 0.15) is 11.5 Å². The molecule has 6 heteroatoms. The number of morpholine rings is 1. The van der Waals surface area contributed by atoms with Crippen molar-refractivity contribution in [3.8, 4) is 0 Å². The fourth-order valence-corrected chi connectivity index (χ4v) is 3.90. The van der Waals surface area contributed by atoms with Gasteiger partial charge in [-0.2, -0.15) is 0 Å². The van der Waals surface area contributed by atoms with Gasteiger partial charge >= 0.3 is 0 Å². The molecule has 2 fully saturated rings. The van der Waals surface area contributed by atoms with E-state index in [2.05, 4.69) is 10.2 Å². The molecule has 1 aromatic heterocycles. The molecule has 0 bridgehead atoms. The van der Waals surface area contributed by atoms with Crippen LogP contribution in [0.1, 0.15) is 40.2 Å². The van der Waals surface area contributed by atoms with Gasteiger partial charge in [0, 0.05) is 36.0 Å². The molecular weight excluding hydrogens is 345 g/mol. The van der Waals surface area contributed by atoms with Crippen molar-refractivity contribution in [2.75, 3.05) is 31.2 Å². The first-order valence-electron chi connectivity index (χ1n) is 9.63. The van der Waals surface area contributed by atoms with Crippen molar-refractivity contribution in [3.63, 3.8) is 0 Å². The Labute approximate surface area is 159 Å². The van der Waals surface area contributed by atoms with Crippen molar-refractivity contribution in [1.29, 1.82) is 0 Å². The number of benzene rings is 1. The number of rotatable bonds is 5. The predicted molar refractivity (Wildman–Crippen MR) is 103 cm³/mol. The van der Waals surface area contributed by atoms with Gasteiger partial charge in [-0.1, -0.05) is 18.2 Å². The molecule has 27 heavy (non-hydrogen) atoms. The van der Waals surface area contributed by atoms with E-state index in [1.54, 1.807) is 12.1 Å². The van der Waals surface area contributed by atoms with Crippen molar-refractivity contribution in [2.24, 2.45) is 0 Å². The van der Waals surface area contributed by atoms with E-state index in [0.717, 1.165) is 42.9 Å². The molecule has 1 saturated heterocycles. The van der Waals surface area contributed by atoms with Gasteiger partial charge < -0.3 is 19.5 Å². The molecule has 1 amide bonds. The number of carbonyl (C=O) groups is 1. The number of halogens is 1. The summed E-state index contributed by atoms with van der Waals surface area (Å²) in [6, 6.07) is 7.04. The van der Waals surface area contributed by atoms with Gasteiger partial charge in [-0.05, 0) is 32.8 Å². The lowest BCUT2D eigenvalue weighted by Gasteiger charge is -2.29. The minimum atomic E-state index is -0.246. The highest BCUT2D eigenvalue weighted by Crippen LogP contribution is 2.33. The Kier molecular flexibility index (Phi) is 4.91. The Morgan fingerprint density at radius 3 is 2.59 bits per heavy atom. The molecule has 1 aromatic carbocycles. The zero-order valence-corrected chi connectivity index (χ0v) is 15.9. The zero-order valence-electron chi connectivity index (χ0n) is 15.9. The molecule has 4 rings (SSSR count). The molecule has 2 heterocycles. The van der Waals surface area contributed by atoms with E-state index in [-0.39, 0.29) is 17.8 Å². The lowest BCUT2D eigenvalue weighted by molar-refractivity contribution is 0.0941. The normalized spacial score (nSPS) is 17.2. The number of aromatic nitrogens is 1. The first kappa shape index (κ1) is 18.0. The van der Waals surface area contributed by atoms with Crippen LogP contribution < -0.4 is 10.2 Å². The summed E-state index contributed by atoms with van der Waals surface area (Å²) in [6.07, 6.45) is 2.07. The first-order chi connectivity index (χ1) is 13.1. The summed E-state index contributed by atoms with van der Waals surface area (Å²) in [7, 11) is 0. The number of amides is 1. The van der Waals surface area contributed by atoms with Crippen molar-refractivity contribution < 1.29 is 13.9 Å². The minimum absolute atomic E-state index is 0.0612. The molecule has 2 aromatic rings. The van der Waals surface area contributed by atoms with E-state index < -0.39 is 0 Å². The third-order valence-corrected chi connectivity index (χ3v) is 5.47. The summed E-state index contributed by atoms with van der Waals surface area (Å²) >= 11 is 0. The van der Waals surface area contributed by atoms with Crippen molar-refractivity contribution >= 4 is 11.6 Å². The van der Waals surface area contributed by atoms with Gasteiger partial charge in [0.15, 0.2) is 0 Å². The van der Waals surface area contributed by atoms with E-state index in [1.165, 1.54) is 6.07 Å². The van der Waals surface area contributed by atoms with Gasteiger partial charge in [0.05, 0.1) is 25.4 Å². The fraction of sp³-hybridized carbons (Fsp3) is 0.476. The Hall–Kier alpha value is -2.34. The molecule has 0 unspecified atom stereocenters. The van der Waals surface area contributed by atoms with Gasteiger partial charge in [-0.25, -0.2) is 4.39 Å². The molecule has 5 nitrogen and oxygen atoms in total. The van der Waals surface area contributed by atoms with Crippen LogP contribution in [0.5, 0.6) is 0 Å². The summed E-state index contributed by atoms with van der Waals surface area (Å²) in [5.74, 6) is -0.307. The zero-order chi connectivity index (χ0) is 19.0.